The molecule has 18 heteroatoms. The average molecular weight is 907 g/mol. The highest BCUT2D eigenvalue weighted by molar-refractivity contribution is 8.03. The van der Waals surface area contributed by atoms with E-state index in [1.807, 2.05) is 118 Å². The first-order valence-corrected chi connectivity index (χ1v) is 22.8. The molecule has 1 saturated heterocycles. The molecule has 4 N–H and O–H groups in total. The molecule has 2 aromatic heterocycles. The normalized spacial score (nSPS) is 16.4. The van der Waals surface area contributed by atoms with E-state index in [0.717, 1.165) is 38.7 Å². The summed E-state index contributed by atoms with van der Waals surface area (Å²) in [4.78, 5) is 72.1. The third-order valence-corrected chi connectivity index (χ3v) is 12.8. The maximum Gasteiger partial charge on any atom is 0.407 e. The van der Waals surface area contributed by atoms with Crippen molar-refractivity contribution in [3.63, 3.8) is 0 Å². The number of benzene rings is 3. The van der Waals surface area contributed by atoms with Crippen LogP contribution in [0.25, 0.3) is 0 Å². The van der Waals surface area contributed by atoms with Gasteiger partial charge in [-0.15, -0.1) is 0 Å². The van der Waals surface area contributed by atoms with Crippen LogP contribution in [0.5, 0.6) is 0 Å². The number of pyridine rings is 1. The second kappa shape index (κ2) is 19.9. The fourth-order valence-corrected chi connectivity index (χ4v) is 9.72. The summed E-state index contributed by atoms with van der Waals surface area (Å²) in [6, 6.07) is 28.9. The number of nitrogens with two attached hydrogens (primary N) is 1. The molecule has 2 atom stereocenters. The number of fused-ring (bicyclic) bond motifs is 1. The van der Waals surface area contributed by atoms with Crippen molar-refractivity contribution in [3.05, 3.63) is 148 Å². The molecule has 0 aliphatic carbocycles. The third-order valence-electron chi connectivity index (χ3n) is 10.0. The number of carbonyl (C=O) groups excluding carboxylic acids is 4. The van der Waals surface area contributed by atoms with Crippen LogP contribution in [-0.2, 0) is 40.0 Å². The van der Waals surface area contributed by atoms with Crippen LogP contribution in [0.15, 0.2) is 130 Å². The van der Waals surface area contributed by atoms with E-state index in [2.05, 4.69) is 30.1 Å². The lowest BCUT2D eigenvalue weighted by Crippen LogP contribution is -2.72. The van der Waals surface area contributed by atoms with Crippen molar-refractivity contribution in [1.29, 1.82) is 0 Å². The Kier molecular flexibility index (Phi) is 14.1. The van der Waals surface area contributed by atoms with Crippen LogP contribution in [0.3, 0.4) is 0 Å². The maximum absolute atomic E-state index is 14.4. The Morgan fingerprint density at radius 1 is 0.952 bits per heavy atom. The van der Waals surface area contributed by atoms with Crippen LogP contribution < -0.4 is 16.4 Å². The first-order chi connectivity index (χ1) is 30.4. The number of ether oxygens (including phenoxy) is 2. The standard InChI is InChI=1S/C45H46N8O7S3/c1-44(2,3)59-43(57)48-24-25-61-27-28-26-47-23-22-33(28)62-34-21-20-32-35(40(55)53(32)37(34)41(56)58-4)49-39(54)36(38-50-42(46)63-52-38)51-60-45(29-14-8-5-9-15-29,30-16-10-6-11-17-30)31-18-12-7-13-19-31/h5-19,22-23,26,32,35H,20-21,24-25,27H2,1-4H3,(H,48,57)(H,49,54)(H2,46,50,52)/b51-36-/t32-,35+/m1/s1. The molecule has 0 unspecified atom stereocenters. The van der Waals surface area contributed by atoms with Gasteiger partial charge in [-0.05, 0) is 45.2 Å². The number of anilines is 1. The molecule has 0 radical (unpaired) electrons. The minimum Gasteiger partial charge on any atom is -0.464 e. The zero-order valence-electron chi connectivity index (χ0n) is 35.0. The second-order valence-corrected chi connectivity index (χ2v) is 18.4. The summed E-state index contributed by atoms with van der Waals surface area (Å²) in [6.45, 7) is 5.84. The van der Waals surface area contributed by atoms with Crippen LogP contribution in [-0.4, -0.2) is 85.9 Å². The second-order valence-electron chi connectivity index (χ2n) is 15.4. The van der Waals surface area contributed by atoms with E-state index in [0.29, 0.717) is 35.8 Å². The number of carbonyl (C=O) groups is 4. The van der Waals surface area contributed by atoms with E-state index in [1.165, 1.54) is 23.8 Å². The van der Waals surface area contributed by atoms with Crippen molar-refractivity contribution in [2.75, 3.05) is 25.1 Å². The SMILES string of the molecule is COC(=O)C1=C(Sc2ccncc2CSCCNC(=O)OC(C)(C)C)CC[C@@H]2[C@H](NC(=O)/C(=N\OC(c3ccccc3)(c3ccccc3)c3ccccc3)c3nsc(N)n3)C(=O)N12. The van der Waals surface area contributed by atoms with Gasteiger partial charge in [0.05, 0.1) is 13.2 Å². The van der Waals surface area contributed by atoms with Crippen molar-refractivity contribution < 1.29 is 33.5 Å². The molecule has 1 fully saturated rings. The number of hydrogen-bond acceptors (Lipinski definition) is 15. The quantitative estimate of drug-likeness (QED) is 0.0238. The minimum absolute atomic E-state index is 0.0789. The number of aromatic nitrogens is 3. The fraction of sp³-hybridized carbons (Fsp3) is 0.289. The van der Waals surface area contributed by atoms with Crippen LogP contribution >= 0.6 is 35.1 Å². The van der Waals surface area contributed by atoms with Gasteiger partial charge in [0, 0.05) is 68.5 Å². The molecular weight excluding hydrogens is 861 g/mol. The van der Waals surface area contributed by atoms with Crippen LogP contribution in [0.2, 0.25) is 0 Å². The van der Waals surface area contributed by atoms with Gasteiger partial charge >= 0.3 is 12.1 Å². The number of nitrogens with zero attached hydrogens (tertiary/aromatic N) is 5. The summed E-state index contributed by atoms with van der Waals surface area (Å²) in [6.07, 6.45) is 3.82. The lowest BCUT2D eigenvalue weighted by atomic mass is 9.80. The minimum atomic E-state index is -1.33. The van der Waals surface area contributed by atoms with Crippen LogP contribution in [0, 0.1) is 0 Å². The van der Waals surface area contributed by atoms with Gasteiger partial charge < -0.3 is 30.7 Å². The first-order valence-electron chi connectivity index (χ1n) is 20.0. The van der Waals surface area contributed by atoms with E-state index in [4.69, 9.17) is 20.0 Å². The lowest BCUT2D eigenvalue weighted by Gasteiger charge is -2.50. The summed E-state index contributed by atoms with van der Waals surface area (Å²) >= 11 is 3.87. The largest absolute Gasteiger partial charge is 0.464 e. The number of β-lactam (4-membered cyclic amide) rings is 1. The summed E-state index contributed by atoms with van der Waals surface area (Å²) in [5.41, 5.74) is 7.06. The van der Waals surface area contributed by atoms with Gasteiger partial charge in [-0.2, -0.15) is 21.1 Å². The Hall–Kier alpha value is -6.24. The van der Waals surface area contributed by atoms with Crippen molar-refractivity contribution in [1.82, 2.24) is 29.9 Å². The monoisotopic (exact) mass is 906 g/mol. The van der Waals surface area contributed by atoms with Crippen LogP contribution in [0.1, 0.15) is 61.7 Å². The Bertz CT molecular complexity index is 2400. The summed E-state index contributed by atoms with van der Waals surface area (Å²) < 4.78 is 14.8. The number of rotatable bonds is 16. The molecular formula is C45H46N8O7S3. The van der Waals surface area contributed by atoms with Crippen molar-refractivity contribution >= 4 is 69.8 Å². The molecule has 7 rings (SSSR count). The number of alkyl carbamates (subject to hydrolysis) is 1. The number of hydrogen-bond donors (Lipinski definition) is 3. The molecule has 326 valence electrons. The van der Waals surface area contributed by atoms with Gasteiger partial charge in [-0.1, -0.05) is 108 Å². The number of esters is 1. The Labute approximate surface area is 377 Å². The number of allylic oxidation sites excluding steroid dienone is 1. The molecule has 2 aliphatic rings. The zero-order valence-corrected chi connectivity index (χ0v) is 37.4. The highest BCUT2D eigenvalue weighted by Crippen LogP contribution is 2.45. The number of thioether (sulfide) groups is 2. The highest BCUT2D eigenvalue weighted by atomic mass is 32.2. The van der Waals surface area contributed by atoms with Gasteiger partial charge in [0.25, 0.3) is 11.8 Å². The van der Waals surface area contributed by atoms with E-state index in [-0.39, 0.29) is 22.4 Å². The van der Waals surface area contributed by atoms with Gasteiger partial charge in [0.1, 0.15) is 17.3 Å². The molecule has 0 bridgehead atoms. The molecule has 3 aromatic carbocycles. The topological polar surface area (TPSA) is 200 Å². The number of oxime groups is 1. The summed E-state index contributed by atoms with van der Waals surface area (Å²) in [7, 11) is 1.26. The third kappa shape index (κ3) is 10.2. The van der Waals surface area contributed by atoms with Gasteiger partial charge in [-0.3, -0.25) is 19.5 Å². The maximum atomic E-state index is 14.4. The molecule has 0 saturated carbocycles. The van der Waals surface area contributed by atoms with Crippen molar-refractivity contribution in [2.24, 2.45) is 5.16 Å². The molecule has 4 heterocycles. The van der Waals surface area contributed by atoms with Gasteiger partial charge in [0.2, 0.25) is 17.1 Å². The Balaban J connectivity index is 1.12. The molecule has 0 spiro atoms. The molecule has 5 aromatic rings. The highest BCUT2D eigenvalue weighted by Gasteiger charge is 2.54. The average Bonchev–Trinajstić information content (AvgIpc) is 3.72. The van der Waals surface area contributed by atoms with Gasteiger partial charge in [0.15, 0.2) is 5.13 Å². The molecule has 2 aliphatic heterocycles. The van der Waals surface area contributed by atoms with E-state index in [1.54, 1.807) is 24.2 Å². The number of methoxy groups -OCH3 is 1. The van der Waals surface area contributed by atoms with Crippen LogP contribution in [0.4, 0.5) is 9.93 Å². The summed E-state index contributed by atoms with van der Waals surface area (Å²) in [5.74, 6) is -0.794. The lowest BCUT2D eigenvalue weighted by molar-refractivity contribution is -0.156. The van der Waals surface area contributed by atoms with Crippen molar-refractivity contribution in [3.8, 4) is 0 Å². The van der Waals surface area contributed by atoms with E-state index in [9.17, 15) is 19.2 Å². The predicted octanol–water partition coefficient (Wildman–Crippen LogP) is 6.65. The predicted molar refractivity (Wildman–Crippen MR) is 242 cm³/mol. The van der Waals surface area contributed by atoms with Gasteiger partial charge in [-0.25, -0.2) is 9.59 Å². The number of nitrogen functional groups attached to an aromatic ring is 1. The molecule has 63 heavy (non-hydrogen) atoms. The first kappa shape index (κ1) is 44.8. The number of nitrogens with one attached hydrogen (secondary N) is 2. The Morgan fingerprint density at radius 2 is 1.59 bits per heavy atom. The fourth-order valence-electron chi connectivity index (χ4n) is 7.21. The molecule has 3 amide bonds. The zero-order chi connectivity index (χ0) is 44.6. The Morgan fingerprint density at radius 3 is 2.16 bits per heavy atom. The van der Waals surface area contributed by atoms with Crippen molar-refractivity contribution in [2.45, 2.75) is 67.5 Å². The number of amides is 3. The van der Waals surface area contributed by atoms with E-state index >= 15 is 0 Å². The smallest absolute Gasteiger partial charge is 0.407 e. The van der Waals surface area contributed by atoms with E-state index < -0.39 is 47.2 Å². The summed E-state index contributed by atoms with van der Waals surface area (Å²) in [5, 5.41) is 10.2. The molecule has 15 nitrogen and oxygen atoms in total.